The van der Waals surface area contributed by atoms with Crippen molar-refractivity contribution in [3.8, 4) is 11.3 Å². The predicted octanol–water partition coefficient (Wildman–Crippen LogP) is 2.13. The van der Waals surface area contributed by atoms with Crippen LogP contribution in [0.1, 0.15) is 25.7 Å². The summed E-state index contributed by atoms with van der Waals surface area (Å²) in [5.74, 6) is -2.40. The van der Waals surface area contributed by atoms with E-state index in [9.17, 15) is 24.0 Å². The van der Waals surface area contributed by atoms with Crippen LogP contribution in [0.4, 0.5) is 11.4 Å². The number of nitrogens with one attached hydrogen (secondary N) is 1. The average molecular weight is 1050 g/mol. The molecule has 2 aliphatic rings. The summed E-state index contributed by atoms with van der Waals surface area (Å²) in [6.45, 7) is 10.9. The lowest BCUT2D eigenvalue weighted by Crippen LogP contribution is -2.32. The summed E-state index contributed by atoms with van der Waals surface area (Å²) in [5, 5.41) is 11.9. The summed E-state index contributed by atoms with van der Waals surface area (Å²) < 4.78 is 67.7. The Morgan fingerprint density at radius 2 is 0.932 bits per heavy atom. The highest BCUT2D eigenvalue weighted by atomic mass is 16.7. The van der Waals surface area contributed by atoms with Crippen LogP contribution in [0.15, 0.2) is 60.8 Å². The molecule has 1 unspecified atom stereocenters. The van der Waals surface area contributed by atoms with E-state index in [4.69, 9.17) is 61.7 Å². The summed E-state index contributed by atoms with van der Waals surface area (Å²) in [7, 11) is 0. The van der Waals surface area contributed by atoms with Gasteiger partial charge in [0.15, 0.2) is 0 Å². The van der Waals surface area contributed by atoms with E-state index in [0.29, 0.717) is 175 Å². The fourth-order valence-corrected chi connectivity index (χ4v) is 6.89. The number of imide groups is 1. The maximum Gasteiger partial charge on any atom is 0.335 e. The molecular weight excluding hydrogens is 973 g/mol. The number of hydrogen-bond acceptors (Lipinski definition) is 20. The molecule has 24 heteroatoms. The third-order valence-electron chi connectivity index (χ3n) is 10.8. The van der Waals surface area contributed by atoms with Crippen LogP contribution in [0.5, 0.6) is 0 Å². The van der Waals surface area contributed by atoms with E-state index in [1.54, 1.807) is 9.58 Å². The number of nitrogens with zero attached hydrogens (tertiary/aromatic N) is 5. The predicted molar refractivity (Wildman–Crippen MR) is 263 cm³/mol. The molecule has 0 bridgehead atoms. The van der Waals surface area contributed by atoms with Crippen LogP contribution < -0.4 is 10.2 Å². The molecule has 0 saturated carbocycles. The number of aromatic nitrogens is 3. The van der Waals surface area contributed by atoms with E-state index < -0.39 is 23.7 Å². The lowest BCUT2D eigenvalue weighted by atomic mass is 10.1. The van der Waals surface area contributed by atoms with Gasteiger partial charge in [0, 0.05) is 42.7 Å². The Labute approximate surface area is 431 Å². The molecule has 3 heterocycles. The fraction of sp³-hybridized carbons (Fsp3) is 0.620. The first-order valence-corrected chi connectivity index (χ1v) is 25.0. The van der Waals surface area contributed by atoms with Gasteiger partial charge in [-0.1, -0.05) is 35.5 Å². The topological polar surface area (TPSA) is 255 Å². The van der Waals surface area contributed by atoms with E-state index in [2.05, 4.69) is 15.6 Å². The highest BCUT2D eigenvalue weighted by Gasteiger charge is 2.35. The molecule has 1 N–H and O–H groups in total. The van der Waals surface area contributed by atoms with Gasteiger partial charge in [-0.05, 0) is 24.3 Å². The monoisotopic (exact) mass is 1040 g/mol. The summed E-state index contributed by atoms with van der Waals surface area (Å²) in [5.41, 5.74) is 3.00. The van der Waals surface area contributed by atoms with E-state index in [0.717, 1.165) is 11.3 Å². The van der Waals surface area contributed by atoms with Crippen LogP contribution >= 0.6 is 0 Å². The molecule has 0 radical (unpaired) electrons. The van der Waals surface area contributed by atoms with Gasteiger partial charge in [0.2, 0.25) is 11.8 Å². The number of para-hydroxylation sites is 1. The van der Waals surface area contributed by atoms with Crippen molar-refractivity contribution >= 4 is 41.0 Å². The second-order valence-electron chi connectivity index (χ2n) is 16.3. The summed E-state index contributed by atoms with van der Waals surface area (Å²) in [4.78, 5) is 66.4. The van der Waals surface area contributed by atoms with E-state index in [-0.39, 0.29) is 50.7 Å². The van der Waals surface area contributed by atoms with E-state index in [1.165, 1.54) is 0 Å². The number of rotatable bonds is 44. The molecule has 2 aromatic carbocycles. The number of anilines is 2. The molecule has 2 fully saturated rings. The highest BCUT2D eigenvalue weighted by molar-refractivity contribution is 6.03. The van der Waals surface area contributed by atoms with Gasteiger partial charge in [0.05, 0.1) is 184 Å². The normalized spacial score (nSPS) is 14.7. The van der Waals surface area contributed by atoms with Gasteiger partial charge in [-0.15, -0.1) is 10.2 Å². The molecule has 2 saturated heterocycles. The first-order chi connectivity index (χ1) is 36.4. The molecule has 0 aliphatic carbocycles. The zero-order valence-corrected chi connectivity index (χ0v) is 42.1. The van der Waals surface area contributed by atoms with Gasteiger partial charge in [-0.3, -0.25) is 19.2 Å². The molecule has 4 amide bonds. The van der Waals surface area contributed by atoms with Crippen molar-refractivity contribution in [2.24, 2.45) is 5.92 Å². The molecule has 3 aromatic rings. The van der Waals surface area contributed by atoms with Crippen molar-refractivity contribution in [3.63, 3.8) is 0 Å². The number of benzene rings is 2. The standard InChI is InChI=1S/C50H72N6O18/c57-46-10-11-47(58)56(46)74-49(60)12-14-62-16-18-64-20-22-66-24-26-68-28-30-70-32-34-72-36-37-73-35-33-71-31-29-69-27-25-67-23-21-65-19-17-63-15-13-54-40-45(52-53-54)41-6-8-43(9-7-41)51-50(61)42-38-48(59)55(39-42)44-4-2-1-3-5-44/h1-9,40,42H,10-39H2,(H,51,61). The van der Waals surface area contributed by atoms with Crippen molar-refractivity contribution in [1.82, 2.24) is 20.1 Å². The maximum atomic E-state index is 12.9. The first kappa shape index (κ1) is 59.5. The molecule has 410 valence electrons. The zero-order chi connectivity index (χ0) is 52.1. The Hall–Kier alpha value is -5.35. The molecule has 1 atom stereocenters. The minimum atomic E-state index is -0.706. The minimum absolute atomic E-state index is 0.0516. The largest absolute Gasteiger partial charge is 0.378 e. The van der Waals surface area contributed by atoms with Crippen molar-refractivity contribution in [1.29, 1.82) is 0 Å². The van der Waals surface area contributed by atoms with Crippen LogP contribution in [0.3, 0.4) is 0 Å². The summed E-state index contributed by atoms with van der Waals surface area (Å²) in [6.07, 6.45) is 2.04. The van der Waals surface area contributed by atoms with Crippen LogP contribution in [-0.4, -0.2) is 215 Å². The van der Waals surface area contributed by atoms with Gasteiger partial charge >= 0.3 is 5.97 Å². The van der Waals surface area contributed by atoms with Crippen molar-refractivity contribution in [2.75, 3.05) is 175 Å². The van der Waals surface area contributed by atoms with Crippen LogP contribution in [-0.2, 0) is 92.2 Å². The smallest absolute Gasteiger partial charge is 0.335 e. The van der Waals surface area contributed by atoms with Gasteiger partial charge in [0.1, 0.15) is 5.69 Å². The molecule has 5 rings (SSSR count). The Morgan fingerprint density at radius 3 is 1.38 bits per heavy atom. The lowest BCUT2D eigenvalue weighted by Gasteiger charge is -2.16. The third kappa shape index (κ3) is 24.8. The molecule has 2 aliphatic heterocycles. The summed E-state index contributed by atoms with van der Waals surface area (Å²) >= 11 is 0. The second-order valence-corrected chi connectivity index (χ2v) is 16.3. The zero-order valence-electron chi connectivity index (χ0n) is 42.1. The molecule has 24 nitrogen and oxygen atoms in total. The van der Waals surface area contributed by atoms with Crippen molar-refractivity contribution in [3.05, 3.63) is 60.8 Å². The molecular formula is C50H72N6O18. The minimum Gasteiger partial charge on any atom is -0.378 e. The average Bonchev–Trinajstić information content (AvgIpc) is 4.14. The fourth-order valence-electron chi connectivity index (χ4n) is 6.89. The SMILES string of the molecule is O=C(CCOCCOCCOCCOCCOCCOCCOCCOCCOCCOCCOCCOCCn1cc(-c2ccc(NC(=O)C3CC(=O)N(c4ccccc4)C3)cc2)nn1)ON1C(=O)CCC1=O. The van der Waals surface area contributed by atoms with Gasteiger partial charge in [0.25, 0.3) is 11.8 Å². The van der Waals surface area contributed by atoms with Crippen molar-refractivity contribution < 1.29 is 85.7 Å². The van der Waals surface area contributed by atoms with E-state index >= 15 is 0 Å². The number of ether oxygens (including phenoxy) is 12. The lowest BCUT2D eigenvalue weighted by molar-refractivity contribution is -0.198. The first-order valence-electron chi connectivity index (χ1n) is 25.0. The van der Waals surface area contributed by atoms with Crippen LogP contribution in [0.2, 0.25) is 0 Å². The quantitative estimate of drug-likeness (QED) is 0.0629. The Morgan fingerprint density at radius 1 is 0.514 bits per heavy atom. The summed E-state index contributed by atoms with van der Waals surface area (Å²) in [6, 6.07) is 16.8. The third-order valence-corrected chi connectivity index (χ3v) is 10.8. The van der Waals surface area contributed by atoms with Crippen molar-refractivity contribution in [2.45, 2.75) is 32.2 Å². The van der Waals surface area contributed by atoms with Gasteiger partial charge in [-0.25, -0.2) is 9.48 Å². The number of amides is 4. The highest BCUT2D eigenvalue weighted by Crippen LogP contribution is 2.26. The number of carbonyl (C=O) groups excluding carboxylic acids is 5. The Balaban J connectivity index is 0.681. The Kier molecular flexibility index (Phi) is 30.1. The maximum absolute atomic E-state index is 12.9. The second kappa shape index (κ2) is 37.4. The van der Waals surface area contributed by atoms with Gasteiger partial charge in [-0.2, -0.15) is 0 Å². The molecule has 1 aromatic heterocycles. The molecule has 74 heavy (non-hydrogen) atoms. The number of hydrogen-bond donors (Lipinski definition) is 1. The van der Waals surface area contributed by atoms with Crippen LogP contribution in [0, 0.1) is 5.92 Å². The van der Waals surface area contributed by atoms with Crippen LogP contribution in [0.25, 0.3) is 11.3 Å². The van der Waals surface area contributed by atoms with E-state index in [1.807, 2.05) is 60.8 Å². The van der Waals surface area contributed by atoms with Gasteiger partial charge < -0.3 is 71.9 Å². The Bertz CT molecular complexity index is 2020. The molecule has 0 spiro atoms. The number of carbonyl (C=O) groups is 5. The number of hydroxylamine groups is 2.